The Bertz CT molecular complexity index is 670. The number of allylic oxidation sites excluding steroid dienone is 2. The molecule has 0 saturated carbocycles. The number of benzene rings is 1. The summed E-state index contributed by atoms with van der Waals surface area (Å²) in [6, 6.07) is 6.70. The first kappa shape index (κ1) is 21.6. The van der Waals surface area contributed by atoms with Crippen molar-refractivity contribution in [3.8, 4) is 0 Å². The molecule has 1 rings (SSSR count). The monoisotopic (exact) mass is 365 g/mol. The second kappa shape index (κ2) is 9.32. The highest BCUT2D eigenvalue weighted by Gasteiger charge is 2.18. The second-order valence-corrected chi connectivity index (χ2v) is 9.28. The summed E-state index contributed by atoms with van der Waals surface area (Å²) in [6.07, 6.45) is 5.78. The van der Waals surface area contributed by atoms with Gasteiger partial charge in [-0.15, -0.1) is 6.58 Å². The Morgan fingerprint density at radius 2 is 1.80 bits per heavy atom. The maximum absolute atomic E-state index is 12.5. The SMILES string of the molecule is C=C[C@H](C)C=C[C@H](COC(C)(C)C)NCS(=O)(=O)c1ccc(C)cc1. The molecule has 0 spiro atoms. The van der Waals surface area contributed by atoms with Crippen LogP contribution < -0.4 is 5.32 Å². The Morgan fingerprint density at radius 1 is 1.20 bits per heavy atom. The molecule has 0 aliphatic rings. The normalized spacial score (nSPS) is 15.2. The lowest BCUT2D eigenvalue weighted by atomic mass is 10.1. The lowest BCUT2D eigenvalue weighted by Gasteiger charge is -2.24. The number of ether oxygens (including phenoxy) is 1. The van der Waals surface area contributed by atoms with Crippen LogP contribution in [0.2, 0.25) is 0 Å². The van der Waals surface area contributed by atoms with Gasteiger partial charge in [0.25, 0.3) is 0 Å². The quantitative estimate of drug-likeness (QED) is 0.675. The lowest BCUT2D eigenvalue weighted by Crippen LogP contribution is -2.38. The first-order valence-electron chi connectivity index (χ1n) is 8.51. The van der Waals surface area contributed by atoms with E-state index in [4.69, 9.17) is 4.74 Å². The van der Waals surface area contributed by atoms with Gasteiger partial charge < -0.3 is 4.74 Å². The van der Waals surface area contributed by atoms with E-state index in [2.05, 4.69) is 11.9 Å². The zero-order valence-electron chi connectivity index (χ0n) is 16.0. The molecule has 0 heterocycles. The third-order valence-electron chi connectivity index (χ3n) is 3.63. The molecular formula is C20H31NO3S. The average molecular weight is 366 g/mol. The van der Waals surface area contributed by atoms with Gasteiger partial charge in [0.15, 0.2) is 9.84 Å². The minimum Gasteiger partial charge on any atom is -0.374 e. The molecule has 0 amide bonds. The highest BCUT2D eigenvalue weighted by Crippen LogP contribution is 2.13. The summed E-state index contributed by atoms with van der Waals surface area (Å²) in [5, 5.41) is 3.09. The van der Waals surface area contributed by atoms with Crippen molar-refractivity contribution in [2.24, 2.45) is 5.92 Å². The van der Waals surface area contributed by atoms with Crippen LogP contribution in [-0.4, -0.2) is 32.5 Å². The highest BCUT2D eigenvalue weighted by molar-refractivity contribution is 7.91. The van der Waals surface area contributed by atoms with Gasteiger partial charge in [0.05, 0.1) is 17.1 Å². The molecule has 0 aliphatic carbocycles. The molecule has 0 fully saturated rings. The Morgan fingerprint density at radius 3 is 2.32 bits per heavy atom. The largest absolute Gasteiger partial charge is 0.374 e. The predicted octanol–water partition coefficient (Wildman–Crippen LogP) is 3.88. The van der Waals surface area contributed by atoms with Crippen LogP contribution in [0.4, 0.5) is 0 Å². The molecule has 0 aliphatic heterocycles. The van der Waals surface area contributed by atoms with E-state index in [9.17, 15) is 8.42 Å². The van der Waals surface area contributed by atoms with E-state index < -0.39 is 9.84 Å². The Hall–Kier alpha value is -1.43. The van der Waals surface area contributed by atoms with Crippen LogP contribution in [-0.2, 0) is 14.6 Å². The van der Waals surface area contributed by atoms with Gasteiger partial charge in [0.1, 0.15) is 5.88 Å². The van der Waals surface area contributed by atoms with Crippen LogP contribution in [0.5, 0.6) is 0 Å². The van der Waals surface area contributed by atoms with E-state index in [1.54, 1.807) is 24.3 Å². The summed E-state index contributed by atoms with van der Waals surface area (Å²) in [7, 11) is -3.39. The maximum Gasteiger partial charge on any atom is 0.191 e. The molecular weight excluding hydrogens is 334 g/mol. The average Bonchev–Trinajstić information content (AvgIpc) is 2.53. The molecule has 1 aromatic rings. The highest BCUT2D eigenvalue weighted by atomic mass is 32.2. The van der Waals surface area contributed by atoms with Gasteiger partial charge in [0, 0.05) is 6.04 Å². The molecule has 25 heavy (non-hydrogen) atoms. The molecule has 2 atom stereocenters. The molecule has 0 unspecified atom stereocenters. The van der Waals surface area contributed by atoms with Crippen LogP contribution in [0.25, 0.3) is 0 Å². The summed E-state index contributed by atoms with van der Waals surface area (Å²) < 4.78 is 30.8. The van der Waals surface area contributed by atoms with E-state index in [0.29, 0.717) is 11.5 Å². The van der Waals surface area contributed by atoms with Crippen molar-refractivity contribution >= 4 is 9.84 Å². The van der Waals surface area contributed by atoms with E-state index >= 15 is 0 Å². The first-order chi connectivity index (χ1) is 11.5. The second-order valence-electron chi connectivity index (χ2n) is 7.29. The third-order valence-corrected chi connectivity index (χ3v) is 5.17. The van der Waals surface area contributed by atoms with Crippen molar-refractivity contribution in [1.29, 1.82) is 0 Å². The van der Waals surface area contributed by atoms with Crippen molar-refractivity contribution < 1.29 is 13.2 Å². The number of hydrogen-bond donors (Lipinski definition) is 1. The van der Waals surface area contributed by atoms with Crippen molar-refractivity contribution in [2.75, 3.05) is 12.5 Å². The van der Waals surface area contributed by atoms with Crippen LogP contribution in [0.1, 0.15) is 33.3 Å². The molecule has 0 saturated heterocycles. The van der Waals surface area contributed by atoms with Crippen LogP contribution in [0, 0.1) is 12.8 Å². The number of nitrogens with one attached hydrogen (secondary N) is 1. The molecule has 4 nitrogen and oxygen atoms in total. The number of rotatable bonds is 9. The van der Waals surface area contributed by atoms with Gasteiger partial charge in [-0.3, -0.25) is 5.32 Å². The molecule has 0 radical (unpaired) electrons. The topological polar surface area (TPSA) is 55.4 Å². The zero-order valence-corrected chi connectivity index (χ0v) is 16.8. The van der Waals surface area contributed by atoms with Gasteiger partial charge in [-0.2, -0.15) is 0 Å². The van der Waals surface area contributed by atoms with E-state index in [1.807, 2.05) is 52.8 Å². The van der Waals surface area contributed by atoms with E-state index in [1.165, 1.54) is 0 Å². The summed E-state index contributed by atoms with van der Waals surface area (Å²) in [5.41, 5.74) is 0.748. The fourth-order valence-corrected chi connectivity index (χ4v) is 3.11. The Balaban J connectivity index is 2.80. The van der Waals surface area contributed by atoms with Crippen molar-refractivity contribution in [3.63, 3.8) is 0 Å². The van der Waals surface area contributed by atoms with Crippen molar-refractivity contribution in [3.05, 3.63) is 54.6 Å². The van der Waals surface area contributed by atoms with Gasteiger partial charge >= 0.3 is 0 Å². The smallest absolute Gasteiger partial charge is 0.191 e. The summed E-state index contributed by atoms with van der Waals surface area (Å²) in [6.45, 7) is 14.0. The summed E-state index contributed by atoms with van der Waals surface area (Å²) in [5.74, 6) is 0.0776. The summed E-state index contributed by atoms with van der Waals surface area (Å²) in [4.78, 5) is 0.324. The fraction of sp³-hybridized carbons (Fsp3) is 0.500. The van der Waals surface area contributed by atoms with E-state index in [0.717, 1.165) is 5.56 Å². The third kappa shape index (κ3) is 8.47. The molecule has 140 valence electrons. The molecule has 0 aromatic heterocycles. The molecule has 0 bridgehead atoms. The number of aryl methyl sites for hydroxylation is 1. The van der Waals surface area contributed by atoms with Gasteiger partial charge in [-0.1, -0.05) is 42.8 Å². The van der Waals surface area contributed by atoms with Crippen LogP contribution in [0.3, 0.4) is 0 Å². The Labute approximate surface area is 152 Å². The van der Waals surface area contributed by atoms with Crippen molar-refractivity contribution in [2.45, 2.75) is 51.2 Å². The minimum atomic E-state index is -3.39. The van der Waals surface area contributed by atoms with Gasteiger partial charge in [0.2, 0.25) is 0 Å². The number of sulfone groups is 1. The van der Waals surface area contributed by atoms with Crippen LogP contribution in [0.15, 0.2) is 54.0 Å². The summed E-state index contributed by atoms with van der Waals surface area (Å²) >= 11 is 0. The molecule has 1 N–H and O–H groups in total. The zero-order chi connectivity index (χ0) is 19.1. The Kier molecular flexibility index (Phi) is 8.06. The molecule has 1 aromatic carbocycles. The fourth-order valence-electron chi connectivity index (χ4n) is 1.96. The number of hydrogen-bond acceptors (Lipinski definition) is 4. The maximum atomic E-state index is 12.5. The minimum absolute atomic E-state index is 0.138. The molecule has 5 heteroatoms. The first-order valence-corrected chi connectivity index (χ1v) is 10.2. The standard InChI is InChI=1S/C20H31NO3S/c1-7-16(2)8-11-18(14-24-20(4,5)6)21-15-25(22,23)19-12-9-17(3)10-13-19/h7-13,16,18,21H,1,14-15H2,2-6H3/t16-,18+/m0/s1. The lowest BCUT2D eigenvalue weighted by molar-refractivity contribution is -0.00840. The van der Waals surface area contributed by atoms with E-state index in [-0.39, 0.29) is 23.4 Å². The van der Waals surface area contributed by atoms with Gasteiger partial charge in [-0.05, 0) is 45.7 Å². The van der Waals surface area contributed by atoms with Gasteiger partial charge in [-0.25, -0.2) is 8.42 Å². The van der Waals surface area contributed by atoms with Crippen molar-refractivity contribution in [1.82, 2.24) is 5.32 Å². The predicted molar refractivity (Wildman–Crippen MR) is 104 cm³/mol. The van der Waals surface area contributed by atoms with Crippen LogP contribution >= 0.6 is 0 Å².